The number of likely N-dealkylation sites (tertiary alicyclic amines) is 1. The van der Waals surface area contributed by atoms with Crippen LogP contribution >= 0.6 is 0 Å². The van der Waals surface area contributed by atoms with Gasteiger partial charge in [-0.2, -0.15) is 0 Å². The van der Waals surface area contributed by atoms with Gasteiger partial charge in [0.1, 0.15) is 5.75 Å². The molecule has 0 spiro atoms. The third-order valence-corrected chi connectivity index (χ3v) is 7.69. The second-order valence-corrected chi connectivity index (χ2v) is 9.34. The van der Waals surface area contributed by atoms with Crippen LogP contribution in [0.15, 0.2) is 84.9 Å². The van der Waals surface area contributed by atoms with Crippen LogP contribution in [-0.2, 0) is 5.41 Å². The lowest BCUT2D eigenvalue weighted by Crippen LogP contribution is -2.44. The molecule has 0 bridgehead atoms. The topological polar surface area (TPSA) is 36.3 Å². The van der Waals surface area contributed by atoms with Gasteiger partial charge in [0.2, 0.25) is 0 Å². The van der Waals surface area contributed by atoms with E-state index < -0.39 is 0 Å². The quantitative estimate of drug-likeness (QED) is 0.509. The van der Waals surface area contributed by atoms with E-state index in [9.17, 15) is 0 Å². The largest absolute Gasteiger partial charge is 0.496 e. The van der Waals surface area contributed by atoms with Gasteiger partial charge in [-0.1, -0.05) is 79.2 Å². The number of methoxy groups -OCH3 is 1. The molecular formula is C29H32N2O. The predicted molar refractivity (Wildman–Crippen MR) is 131 cm³/mol. The highest BCUT2D eigenvalue weighted by atomic mass is 16.5. The molecular weight excluding hydrogens is 392 g/mol. The Bertz CT molecular complexity index is 1020. The summed E-state index contributed by atoms with van der Waals surface area (Å²) in [6.45, 7) is 2.78. The molecule has 2 unspecified atom stereocenters. The van der Waals surface area contributed by atoms with Gasteiger partial charge in [0, 0.05) is 30.6 Å². The van der Waals surface area contributed by atoms with Crippen molar-refractivity contribution >= 4 is 5.71 Å². The lowest BCUT2D eigenvalue weighted by molar-refractivity contribution is 0.188. The Labute approximate surface area is 191 Å². The van der Waals surface area contributed by atoms with Crippen molar-refractivity contribution in [3.63, 3.8) is 0 Å². The van der Waals surface area contributed by atoms with Crippen LogP contribution < -0.4 is 4.74 Å². The first kappa shape index (κ1) is 21.0. The predicted octanol–water partition coefficient (Wildman–Crippen LogP) is 5.78. The van der Waals surface area contributed by atoms with E-state index in [1.807, 2.05) is 24.3 Å². The monoisotopic (exact) mass is 424 g/mol. The molecule has 1 heterocycles. The molecule has 3 nitrogen and oxygen atoms in total. The summed E-state index contributed by atoms with van der Waals surface area (Å²) in [5.41, 5.74) is 4.49. The fourth-order valence-electron chi connectivity index (χ4n) is 6.33. The average molecular weight is 425 g/mol. The first-order chi connectivity index (χ1) is 15.7. The van der Waals surface area contributed by atoms with Crippen molar-refractivity contribution in [1.29, 1.82) is 5.41 Å². The summed E-state index contributed by atoms with van der Waals surface area (Å²) >= 11 is 0. The van der Waals surface area contributed by atoms with Crippen molar-refractivity contribution in [1.82, 2.24) is 4.90 Å². The van der Waals surface area contributed by atoms with Crippen molar-refractivity contribution in [2.75, 3.05) is 26.7 Å². The van der Waals surface area contributed by atoms with Crippen molar-refractivity contribution in [3.05, 3.63) is 102 Å². The molecule has 3 aromatic carbocycles. The normalized spacial score (nSPS) is 22.3. The first-order valence-electron chi connectivity index (χ1n) is 11.8. The third kappa shape index (κ3) is 3.65. The molecule has 1 aliphatic heterocycles. The van der Waals surface area contributed by atoms with Crippen LogP contribution in [0.3, 0.4) is 0 Å². The van der Waals surface area contributed by atoms with Crippen molar-refractivity contribution < 1.29 is 4.74 Å². The van der Waals surface area contributed by atoms with Crippen LogP contribution in [0.5, 0.6) is 5.75 Å². The maximum Gasteiger partial charge on any atom is 0.127 e. The Morgan fingerprint density at radius 3 is 2.19 bits per heavy atom. The molecule has 1 saturated heterocycles. The van der Waals surface area contributed by atoms with Crippen LogP contribution in [-0.4, -0.2) is 37.4 Å². The van der Waals surface area contributed by atoms with Crippen LogP contribution in [0.1, 0.15) is 36.0 Å². The van der Waals surface area contributed by atoms with E-state index in [1.165, 1.54) is 30.4 Å². The summed E-state index contributed by atoms with van der Waals surface area (Å²) in [5.74, 6) is 2.01. The molecule has 32 heavy (non-hydrogen) atoms. The van der Waals surface area contributed by atoms with Crippen LogP contribution in [0.2, 0.25) is 0 Å². The number of rotatable bonds is 6. The van der Waals surface area contributed by atoms with Crippen LogP contribution in [0.25, 0.3) is 0 Å². The van der Waals surface area contributed by atoms with E-state index in [0.29, 0.717) is 24.1 Å². The van der Waals surface area contributed by atoms with Crippen molar-refractivity contribution in [3.8, 4) is 5.75 Å². The fourth-order valence-corrected chi connectivity index (χ4v) is 6.33. The van der Waals surface area contributed by atoms with Gasteiger partial charge < -0.3 is 10.1 Å². The van der Waals surface area contributed by atoms with Crippen molar-refractivity contribution in [2.45, 2.75) is 24.7 Å². The Morgan fingerprint density at radius 2 is 1.53 bits per heavy atom. The standard InChI is InChI=1S/C29H32N2O/c1-32-28-17-9-8-16-25(28)27(30)21-31-19-22-11-10-18-29(26(22)20-31,23-12-4-2-5-13-23)24-14-6-3-7-15-24/h2-9,12-17,22,26,30H,10-11,18-21H2,1H3. The van der Waals surface area contributed by atoms with Gasteiger partial charge in [-0.15, -0.1) is 0 Å². The second kappa shape index (κ2) is 8.91. The van der Waals surface area contributed by atoms with E-state index in [2.05, 4.69) is 65.6 Å². The molecule has 3 aromatic rings. The summed E-state index contributed by atoms with van der Waals surface area (Å²) in [7, 11) is 1.69. The van der Waals surface area contributed by atoms with E-state index in [1.54, 1.807) is 7.11 Å². The molecule has 0 radical (unpaired) electrons. The summed E-state index contributed by atoms with van der Waals surface area (Å²) in [6, 6.07) is 30.2. The van der Waals surface area contributed by atoms with E-state index in [0.717, 1.165) is 24.4 Å². The minimum absolute atomic E-state index is 0.0484. The Kier molecular flexibility index (Phi) is 5.84. The van der Waals surface area contributed by atoms with Gasteiger partial charge in [0.25, 0.3) is 0 Å². The first-order valence-corrected chi connectivity index (χ1v) is 11.8. The molecule has 2 aliphatic rings. The molecule has 3 heteroatoms. The number of hydrogen-bond donors (Lipinski definition) is 1. The zero-order valence-electron chi connectivity index (χ0n) is 18.8. The smallest absolute Gasteiger partial charge is 0.127 e. The lowest BCUT2D eigenvalue weighted by atomic mass is 9.57. The number of nitrogens with one attached hydrogen (secondary N) is 1. The van der Waals surface area contributed by atoms with Gasteiger partial charge in [-0.3, -0.25) is 4.90 Å². The van der Waals surface area contributed by atoms with Crippen LogP contribution in [0, 0.1) is 17.2 Å². The number of nitrogens with zero attached hydrogens (tertiary/aromatic N) is 1. The van der Waals surface area contributed by atoms with E-state index in [-0.39, 0.29) is 5.41 Å². The van der Waals surface area contributed by atoms with Gasteiger partial charge in [-0.05, 0) is 47.9 Å². The van der Waals surface area contributed by atoms with Crippen molar-refractivity contribution in [2.24, 2.45) is 11.8 Å². The van der Waals surface area contributed by atoms with Gasteiger partial charge in [-0.25, -0.2) is 0 Å². The van der Waals surface area contributed by atoms with E-state index in [4.69, 9.17) is 10.1 Å². The van der Waals surface area contributed by atoms with Gasteiger partial charge in [0.15, 0.2) is 0 Å². The molecule has 0 aromatic heterocycles. The lowest BCUT2D eigenvalue weighted by Gasteiger charge is -2.46. The average Bonchev–Trinajstić information content (AvgIpc) is 3.28. The van der Waals surface area contributed by atoms with E-state index >= 15 is 0 Å². The molecule has 5 rings (SSSR count). The Balaban J connectivity index is 1.46. The molecule has 2 fully saturated rings. The molecule has 0 amide bonds. The third-order valence-electron chi connectivity index (χ3n) is 7.69. The number of fused-ring (bicyclic) bond motifs is 1. The maximum atomic E-state index is 8.81. The molecule has 1 saturated carbocycles. The number of para-hydroxylation sites is 1. The second-order valence-electron chi connectivity index (χ2n) is 9.34. The summed E-state index contributed by atoms with van der Waals surface area (Å²) in [6.07, 6.45) is 3.73. The summed E-state index contributed by atoms with van der Waals surface area (Å²) in [5, 5.41) is 8.81. The minimum Gasteiger partial charge on any atom is -0.496 e. The SMILES string of the molecule is COc1ccccc1C(=N)CN1CC2CCCC(c3ccccc3)(c3ccccc3)C2C1. The number of hydrogen-bond acceptors (Lipinski definition) is 3. The highest BCUT2D eigenvalue weighted by Gasteiger charge is 2.51. The highest BCUT2D eigenvalue weighted by Crippen LogP contribution is 2.53. The molecule has 1 N–H and O–H groups in total. The van der Waals surface area contributed by atoms with Gasteiger partial charge >= 0.3 is 0 Å². The number of benzene rings is 3. The zero-order chi connectivity index (χ0) is 22.0. The summed E-state index contributed by atoms with van der Waals surface area (Å²) < 4.78 is 5.51. The Hall–Kier alpha value is -2.91. The maximum absolute atomic E-state index is 8.81. The number of ether oxygens (including phenoxy) is 1. The highest BCUT2D eigenvalue weighted by molar-refractivity contribution is 6.02. The Morgan fingerprint density at radius 1 is 0.906 bits per heavy atom. The summed E-state index contributed by atoms with van der Waals surface area (Å²) in [4.78, 5) is 2.51. The molecule has 164 valence electrons. The van der Waals surface area contributed by atoms with Gasteiger partial charge in [0.05, 0.1) is 12.8 Å². The minimum atomic E-state index is 0.0484. The van der Waals surface area contributed by atoms with Crippen LogP contribution in [0.4, 0.5) is 0 Å². The zero-order valence-corrected chi connectivity index (χ0v) is 18.8. The molecule has 1 aliphatic carbocycles. The fraction of sp³-hybridized carbons (Fsp3) is 0.345. The molecule has 2 atom stereocenters.